The molecule has 1 aromatic heterocycles. The summed E-state index contributed by atoms with van der Waals surface area (Å²) in [6.07, 6.45) is 1.59. The summed E-state index contributed by atoms with van der Waals surface area (Å²) >= 11 is 0. The van der Waals surface area contributed by atoms with Crippen molar-refractivity contribution in [2.45, 2.75) is 4.90 Å². The Morgan fingerprint density at radius 1 is 0.957 bits per heavy atom. The van der Waals surface area contributed by atoms with E-state index in [9.17, 15) is 8.42 Å². The lowest BCUT2D eigenvalue weighted by molar-refractivity contribution is 0.602. The molecule has 5 nitrogen and oxygen atoms in total. The molecule has 0 saturated heterocycles. The third kappa shape index (κ3) is 3.12. The van der Waals surface area contributed by atoms with Crippen LogP contribution in [0.3, 0.4) is 0 Å². The van der Waals surface area contributed by atoms with Crippen LogP contribution in [0.15, 0.2) is 65.7 Å². The molecule has 0 amide bonds. The largest absolute Gasteiger partial charge is 0.378 e. The van der Waals surface area contributed by atoms with Crippen molar-refractivity contribution in [3.05, 3.63) is 60.8 Å². The van der Waals surface area contributed by atoms with Gasteiger partial charge in [-0.15, -0.1) is 0 Å². The number of rotatable bonds is 4. The number of para-hydroxylation sites is 1. The van der Waals surface area contributed by atoms with Crippen molar-refractivity contribution in [3.63, 3.8) is 0 Å². The molecule has 0 saturated carbocycles. The van der Waals surface area contributed by atoms with Crippen molar-refractivity contribution in [3.8, 4) is 0 Å². The predicted octanol–water partition coefficient (Wildman–Crippen LogP) is 3.10. The smallest absolute Gasteiger partial charge is 0.264 e. The van der Waals surface area contributed by atoms with Crippen LogP contribution in [0.2, 0.25) is 0 Å². The zero-order valence-corrected chi connectivity index (χ0v) is 13.7. The summed E-state index contributed by atoms with van der Waals surface area (Å²) in [4.78, 5) is 6.33. The van der Waals surface area contributed by atoms with Crippen molar-refractivity contribution in [2.75, 3.05) is 23.7 Å². The van der Waals surface area contributed by atoms with Crippen LogP contribution in [0.1, 0.15) is 0 Å². The standard InChI is InChI=1S/C17H17N3O2S/c1-20(2)15-10-8-14(9-11-15)19-23(21,22)16-7-3-5-13-6-4-12-18-17(13)16/h3-12,19H,1-2H3. The van der Waals surface area contributed by atoms with Gasteiger partial charge in [0.2, 0.25) is 0 Å². The molecule has 0 spiro atoms. The summed E-state index contributed by atoms with van der Waals surface area (Å²) in [5, 5.41) is 0.790. The second kappa shape index (κ2) is 5.89. The second-order valence-corrected chi connectivity index (χ2v) is 7.03. The summed E-state index contributed by atoms with van der Waals surface area (Å²) in [6.45, 7) is 0. The number of aromatic nitrogens is 1. The number of sulfonamides is 1. The molecular formula is C17H17N3O2S. The minimum atomic E-state index is -3.70. The van der Waals surface area contributed by atoms with Crippen LogP contribution in [-0.2, 0) is 10.0 Å². The van der Waals surface area contributed by atoms with Gasteiger partial charge in [0.1, 0.15) is 4.90 Å². The lowest BCUT2D eigenvalue weighted by atomic mass is 10.2. The Kier molecular flexibility index (Phi) is 3.92. The molecule has 0 bridgehead atoms. The lowest BCUT2D eigenvalue weighted by Crippen LogP contribution is -2.14. The van der Waals surface area contributed by atoms with Gasteiger partial charge in [0, 0.05) is 37.1 Å². The summed E-state index contributed by atoms with van der Waals surface area (Å²) in [5.41, 5.74) is 1.98. The van der Waals surface area contributed by atoms with Gasteiger partial charge in [0.05, 0.1) is 5.52 Å². The second-order valence-electron chi connectivity index (χ2n) is 5.38. The van der Waals surface area contributed by atoms with Gasteiger partial charge in [-0.1, -0.05) is 18.2 Å². The molecule has 23 heavy (non-hydrogen) atoms. The number of hydrogen-bond acceptors (Lipinski definition) is 4. The summed E-state index contributed by atoms with van der Waals surface area (Å²) in [7, 11) is 0.164. The fourth-order valence-corrected chi connectivity index (χ4v) is 3.57. The van der Waals surface area contributed by atoms with Gasteiger partial charge >= 0.3 is 0 Å². The van der Waals surface area contributed by atoms with E-state index in [4.69, 9.17) is 0 Å². The number of hydrogen-bond donors (Lipinski definition) is 1. The first-order valence-corrected chi connectivity index (χ1v) is 8.60. The number of nitrogens with one attached hydrogen (secondary N) is 1. The van der Waals surface area contributed by atoms with Crippen molar-refractivity contribution < 1.29 is 8.42 Å². The van der Waals surface area contributed by atoms with Gasteiger partial charge in [-0.3, -0.25) is 9.71 Å². The maximum absolute atomic E-state index is 12.7. The van der Waals surface area contributed by atoms with Crippen LogP contribution in [0, 0.1) is 0 Å². The van der Waals surface area contributed by atoms with E-state index in [-0.39, 0.29) is 4.90 Å². The van der Waals surface area contributed by atoms with Gasteiger partial charge in [0.15, 0.2) is 0 Å². The molecular weight excluding hydrogens is 310 g/mol. The van der Waals surface area contributed by atoms with Gasteiger partial charge in [-0.05, 0) is 36.4 Å². The van der Waals surface area contributed by atoms with Crippen molar-refractivity contribution in [1.82, 2.24) is 4.98 Å². The van der Waals surface area contributed by atoms with E-state index in [1.165, 1.54) is 0 Å². The Morgan fingerprint density at radius 3 is 2.35 bits per heavy atom. The van der Waals surface area contributed by atoms with Gasteiger partial charge < -0.3 is 4.90 Å². The first kappa shape index (κ1) is 15.3. The van der Waals surface area contributed by atoms with Crippen LogP contribution < -0.4 is 9.62 Å². The van der Waals surface area contributed by atoms with Crippen LogP contribution in [0.25, 0.3) is 10.9 Å². The topological polar surface area (TPSA) is 62.3 Å². The Hall–Kier alpha value is -2.60. The minimum Gasteiger partial charge on any atom is -0.378 e. The number of fused-ring (bicyclic) bond motifs is 1. The highest BCUT2D eigenvalue weighted by Crippen LogP contribution is 2.24. The van der Waals surface area contributed by atoms with Gasteiger partial charge in [0.25, 0.3) is 10.0 Å². The number of pyridine rings is 1. The molecule has 118 valence electrons. The van der Waals surface area contributed by atoms with E-state index >= 15 is 0 Å². The van der Waals surface area contributed by atoms with Crippen LogP contribution in [-0.4, -0.2) is 27.5 Å². The highest BCUT2D eigenvalue weighted by atomic mass is 32.2. The van der Waals surface area contributed by atoms with Crippen LogP contribution in [0.5, 0.6) is 0 Å². The normalized spacial score (nSPS) is 11.4. The van der Waals surface area contributed by atoms with E-state index in [1.807, 2.05) is 43.3 Å². The predicted molar refractivity (Wildman–Crippen MR) is 93.3 cm³/mol. The molecule has 0 radical (unpaired) electrons. The van der Waals surface area contributed by atoms with Crippen LogP contribution >= 0.6 is 0 Å². The zero-order valence-electron chi connectivity index (χ0n) is 12.9. The van der Waals surface area contributed by atoms with E-state index in [1.54, 1.807) is 36.5 Å². The first-order chi connectivity index (χ1) is 11.0. The van der Waals surface area contributed by atoms with Gasteiger partial charge in [-0.25, -0.2) is 8.42 Å². The van der Waals surface area contributed by atoms with E-state index in [0.29, 0.717) is 11.2 Å². The number of benzene rings is 2. The highest BCUT2D eigenvalue weighted by Gasteiger charge is 2.18. The van der Waals surface area contributed by atoms with Gasteiger partial charge in [-0.2, -0.15) is 0 Å². The maximum Gasteiger partial charge on any atom is 0.264 e. The van der Waals surface area contributed by atoms with E-state index in [0.717, 1.165) is 11.1 Å². The molecule has 0 fully saturated rings. The molecule has 0 aliphatic rings. The average molecular weight is 327 g/mol. The minimum absolute atomic E-state index is 0.173. The molecule has 0 aliphatic carbocycles. The lowest BCUT2D eigenvalue weighted by Gasteiger charge is -2.14. The van der Waals surface area contributed by atoms with Crippen molar-refractivity contribution in [2.24, 2.45) is 0 Å². The maximum atomic E-state index is 12.7. The zero-order chi connectivity index (χ0) is 16.4. The molecule has 3 rings (SSSR count). The summed E-state index contributed by atoms with van der Waals surface area (Å²) in [5.74, 6) is 0. The van der Waals surface area contributed by atoms with Crippen molar-refractivity contribution >= 4 is 32.3 Å². The summed E-state index contributed by atoms with van der Waals surface area (Å²) < 4.78 is 28.0. The fourth-order valence-electron chi connectivity index (χ4n) is 2.33. The molecule has 0 aliphatic heterocycles. The molecule has 3 aromatic rings. The Morgan fingerprint density at radius 2 is 1.65 bits per heavy atom. The quantitative estimate of drug-likeness (QED) is 0.800. The van der Waals surface area contributed by atoms with E-state index in [2.05, 4.69) is 9.71 Å². The molecule has 1 heterocycles. The molecule has 2 aromatic carbocycles. The monoisotopic (exact) mass is 327 g/mol. The SMILES string of the molecule is CN(C)c1ccc(NS(=O)(=O)c2cccc3cccnc23)cc1. The van der Waals surface area contributed by atoms with E-state index < -0.39 is 10.0 Å². The Balaban J connectivity index is 1.98. The average Bonchev–Trinajstić information content (AvgIpc) is 2.54. The van der Waals surface area contributed by atoms with Crippen molar-refractivity contribution in [1.29, 1.82) is 0 Å². The Labute approximate surface area is 135 Å². The number of anilines is 2. The first-order valence-electron chi connectivity index (χ1n) is 7.11. The summed E-state index contributed by atoms with van der Waals surface area (Å²) in [6, 6.07) is 15.9. The Bertz CT molecular complexity index is 930. The molecule has 1 N–H and O–H groups in total. The molecule has 6 heteroatoms. The molecule has 0 unspecified atom stereocenters. The highest BCUT2D eigenvalue weighted by molar-refractivity contribution is 7.93. The fraction of sp³-hybridized carbons (Fsp3) is 0.118. The third-order valence-corrected chi connectivity index (χ3v) is 4.93. The van der Waals surface area contributed by atoms with Crippen LogP contribution in [0.4, 0.5) is 11.4 Å². The number of nitrogens with zero attached hydrogens (tertiary/aromatic N) is 2. The third-order valence-electron chi connectivity index (χ3n) is 3.52. The molecule has 0 atom stereocenters.